The Bertz CT molecular complexity index is 86.6. The van der Waals surface area contributed by atoms with Gasteiger partial charge in [-0.1, -0.05) is 33.3 Å². The second-order valence-electron chi connectivity index (χ2n) is 2.49. The first-order valence-electron chi connectivity index (χ1n) is 3.52. The van der Waals surface area contributed by atoms with Gasteiger partial charge in [0.05, 0.1) is 5.83 Å². The maximum atomic E-state index is 12.2. The number of unbranched alkanes of at least 4 members (excludes halogenated alkanes) is 1. The smallest absolute Gasteiger partial charge is 0.0956 e. The van der Waals surface area contributed by atoms with Crippen LogP contribution >= 0.6 is 0 Å². The largest absolute Gasteiger partial charge is 0.212 e. The summed E-state index contributed by atoms with van der Waals surface area (Å²) in [5.41, 5.74) is 0. The summed E-state index contributed by atoms with van der Waals surface area (Å²) >= 11 is 0. The predicted molar refractivity (Wildman–Crippen MR) is 38.9 cm³/mol. The minimum Gasteiger partial charge on any atom is -0.212 e. The summed E-state index contributed by atoms with van der Waals surface area (Å²) in [6.45, 7) is 7.22. The van der Waals surface area contributed by atoms with Gasteiger partial charge in [-0.2, -0.15) is 0 Å². The number of allylic oxidation sites excluding steroid dienone is 1. The van der Waals surface area contributed by atoms with Crippen molar-refractivity contribution < 1.29 is 4.39 Å². The Labute approximate surface area is 56.8 Å². The Morgan fingerprint density at radius 1 is 1.67 bits per heavy atom. The standard InChI is InChI=1S/C8H15F/c1-4-5-6-7(2)8(3)9/h7H,3-6H2,1-2H3. The summed E-state index contributed by atoms with van der Waals surface area (Å²) in [5, 5.41) is 0. The van der Waals surface area contributed by atoms with Crippen LogP contribution < -0.4 is 0 Å². The molecule has 0 saturated carbocycles. The van der Waals surface area contributed by atoms with Gasteiger partial charge in [0.25, 0.3) is 0 Å². The van der Waals surface area contributed by atoms with Crippen molar-refractivity contribution in [2.24, 2.45) is 5.92 Å². The second-order valence-corrected chi connectivity index (χ2v) is 2.49. The van der Waals surface area contributed by atoms with Crippen LogP contribution in [-0.2, 0) is 0 Å². The molecule has 0 aromatic carbocycles. The molecule has 0 aromatic heterocycles. The van der Waals surface area contributed by atoms with Crippen LogP contribution in [-0.4, -0.2) is 0 Å². The van der Waals surface area contributed by atoms with Crippen molar-refractivity contribution in [3.8, 4) is 0 Å². The number of hydrogen-bond acceptors (Lipinski definition) is 0. The molecule has 0 aromatic rings. The van der Waals surface area contributed by atoms with Crippen molar-refractivity contribution in [3.05, 3.63) is 12.4 Å². The Kier molecular flexibility index (Phi) is 4.37. The van der Waals surface area contributed by atoms with E-state index in [0.717, 1.165) is 19.3 Å². The van der Waals surface area contributed by atoms with Crippen molar-refractivity contribution in [1.29, 1.82) is 0 Å². The highest BCUT2D eigenvalue weighted by Gasteiger charge is 2.03. The van der Waals surface area contributed by atoms with Crippen molar-refractivity contribution >= 4 is 0 Å². The molecule has 0 saturated heterocycles. The van der Waals surface area contributed by atoms with E-state index < -0.39 is 0 Å². The Morgan fingerprint density at radius 2 is 2.22 bits per heavy atom. The van der Waals surface area contributed by atoms with E-state index in [2.05, 4.69) is 13.5 Å². The van der Waals surface area contributed by atoms with Crippen LogP contribution in [0.1, 0.15) is 33.1 Å². The summed E-state index contributed by atoms with van der Waals surface area (Å²) in [5.74, 6) is -0.117. The Hall–Kier alpha value is -0.330. The summed E-state index contributed by atoms with van der Waals surface area (Å²) in [6, 6.07) is 0. The Balaban J connectivity index is 3.27. The summed E-state index contributed by atoms with van der Waals surface area (Å²) in [6.07, 6.45) is 3.17. The molecule has 0 aliphatic heterocycles. The van der Waals surface area contributed by atoms with Crippen LogP contribution in [0, 0.1) is 5.92 Å². The highest BCUT2D eigenvalue weighted by molar-refractivity contribution is 4.85. The van der Waals surface area contributed by atoms with E-state index in [1.807, 2.05) is 6.92 Å². The predicted octanol–water partition coefficient (Wildman–Crippen LogP) is 3.30. The summed E-state index contributed by atoms with van der Waals surface area (Å²) < 4.78 is 12.2. The first-order valence-corrected chi connectivity index (χ1v) is 3.52. The number of rotatable bonds is 4. The molecule has 0 rings (SSSR count). The van der Waals surface area contributed by atoms with Gasteiger partial charge >= 0.3 is 0 Å². The van der Waals surface area contributed by atoms with Crippen LogP contribution in [0.5, 0.6) is 0 Å². The fourth-order valence-corrected chi connectivity index (χ4v) is 0.667. The maximum absolute atomic E-state index is 12.2. The van der Waals surface area contributed by atoms with Crippen LogP contribution in [0.15, 0.2) is 12.4 Å². The minimum absolute atomic E-state index is 0.0601. The van der Waals surface area contributed by atoms with Gasteiger partial charge < -0.3 is 0 Å². The monoisotopic (exact) mass is 130 g/mol. The van der Waals surface area contributed by atoms with E-state index in [9.17, 15) is 4.39 Å². The third-order valence-electron chi connectivity index (χ3n) is 1.53. The molecule has 1 unspecified atom stereocenters. The van der Waals surface area contributed by atoms with E-state index in [4.69, 9.17) is 0 Å². The molecule has 1 heteroatoms. The quantitative estimate of drug-likeness (QED) is 0.547. The molecule has 0 radical (unpaired) electrons. The van der Waals surface area contributed by atoms with Gasteiger partial charge in [-0.15, -0.1) is 0 Å². The average Bonchev–Trinajstić information content (AvgIpc) is 1.82. The molecule has 1 atom stereocenters. The molecule has 0 spiro atoms. The molecule has 0 aliphatic carbocycles. The molecule has 0 nitrogen and oxygen atoms in total. The molecule has 54 valence electrons. The third-order valence-corrected chi connectivity index (χ3v) is 1.53. The van der Waals surface area contributed by atoms with Crippen molar-refractivity contribution in [1.82, 2.24) is 0 Å². The topological polar surface area (TPSA) is 0 Å². The lowest BCUT2D eigenvalue weighted by molar-refractivity contribution is 0.458. The van der Waals surface area contributed by atoms with Gasteiger partial charge in [0.2, 0.25) is 0 Å². The zero-order chi connectivity index (χ0) is 7.28. The van der Waals surface area contributed by atoms with Gasteiger partial charge in [-0.05, 0) is 6.42 Å². The molecule has 0 bridgehead atoms. The lowest BCUT2D eigenvalue weighted by Crippen LogP contribution is -1.92. The van der Waals surface area contributed by atoms with Crippen LogP contribution in [0.4, 0.5) is 4.39 Å². The van der Waals surface area contributed by atoms with Gasteiger partial charge in [0.15, 0.2) is 0 Å². The van der Waals surface area contributed by atoms with E-state index >= 15 is 0 Å². The van der Waals surface area contributed by atoms with E-state index in [-0.39, 0.29) is 11.7 Å². The number of halogens is 1. The number of hydrogen-bond donors (Lipinski definition) is 0. The first kappa shape index (κ1) is 8.67. The van der Waals surface area contributed by atoms with Gasteiger partial charge in [0.1, 0.15) is 0 Å². The lowest BCUT2D eigenvalue weighted by Gasteiger charge is -2.04. The van der Waals surface area contributed by atoms with Crippen molar-refractivity contribution in [3.63, 3.8) is 0 Å². The molecular weight excluding hydrogens is 115 g/mol. The summed E-state index contributed by atoms with van der Waals surface area (Å²) in [4.78, 5) is 0. The molecule has 0 aliphatic rings. The summed E-state index contributed by atoms with van der Waals surface area (Å²) in [7, 11) is 0. The molecule has 9 heavy (non-hydrogen) atoms. The normalized spacial score (nSPS) is 13.2. The first-order chi connectivity index (χ1) is 4.18. The fraction of sp³-hybridized carbons (Fsp3) is 0.750. The molecule has 0 fully saturated rings. The van der Waals surface area contributed by atoms with E-state index in [1.54, 1.807) is 0 Å². The lowest BCUT2D eigenvalue weighted by atomic mass is 10.0. The zero-order valence-electron chi connectivity index (χ0n) is 6.28. The zero-order valence-corrected chi connectivity index (χ0v) is 6.28. The van der Waals surface area contributed by atoms with Crippen molar-refractivity contribution in [2.45, 2.75) is 33.1 Å². The van der Waals surface area contributed by atoms with Crippen LogP contribution in [0.25, 0.3) is 0 Å². The molecular formula is C8H15F. The van der Waals surface area contributed by atoms with Crippen molar-refractivity contribution in [2.75, 3.05) is 0 Å². The van der Waals surface area contributed by atoms with Crippen LogP contribution in [0.2, 0.25) is 0 Å². The highest BCUT2D eigenvalue weighted by Crippen LogP contribution is 2.15. The molecule has 0 N–H and O–H groups in total. The maximum Gasteiger partial charge on any atom is 0.0956 e. The SMILES string of the molecule is C=C(F)C(C)CCCC. The minimum atomic E-state index is -0.177. The Morgan fingerprint density at radius 3 is 2.56 bits per heavy atom. The third kappa shape index (κ3) is 4.19. The van der Waals surface area contributed by atoms with Gasteiger partial charge in [-0.3, -0.25) is 0 Å². The average molecular weight is 130 g/mol. The van der Waals surface area contributed by atoms with Crippen LogP contribution in [0.3, 0.4) is 0 Å². The fourth-order valence-electron chi connectivity index (χ4n) is 0.667. The molecule has 0 amide bonds. The van der Waals surface area contributed by atoms with Gasteiger partial charge in [0, 0.05) is 5.92 Å². The molecule has 0 heterocycles. The second kappa shape index (κ2) is 4.54. The highest BCUT2D eigenvalue weighted by atomic mass is 19.1. The van der Waals surface area contributed by atoms with Gasteiger partial charge in [-0.25, -0.2) is 4.39 Å². The van der Waals surface area contributed by atoms with E-state index in [1.165, 1.54) is 0 Å². The van der Waals surface area contributed by atoms with E-state index in [0.29, 0.717) is 0 Å².